The smallest absolute Gasteiger partial charge is 0.243 e. The summed E-state index contributed by atoms with van der Waals surface area (Å²) in [5, 5.41) is 8.40. The van der Waals surface area contributed by atoms with Crippen LogP contribution < -0.4 is 11.1 Å². The number of carbonyl (C=O) groups is 1. The quantitative estimate of drug-likeness (QED) is 0.843. The van der Waals surface area contributed by atoms with E-state index in [2.05, 4.69) is 27.0 Å². The van der Waals surface area contributed by atoms with Gasteiger partial charge >= 0.3 is 0 Å². The van der Waals surface area contributed by atoms with Gasteiger partial charge in [0, 0.05) is 6.04 Å². The lowest BCUT2D eigenvalue weighted by atomic mass is 9.91. The molecule has 0 atom stereocenters. The summed E-state index contributed by atoms with van der Waals surface area (Å²) in [6.45, 7) is 9.41. The minimum Gasteiger partial charge on any atom is -0.383 e. The van der Waals surface area contributed by atoms with Crippen molar-refractivity contribution in [1.29, 1.82) is 0 Å². The van der Waals surface area contributed by atoms with Gasteiger partial charge in [0.2, 0.25) is 5.91 Å². The SMILES string of the molecule is C=CC(=O)NC1CCC(n2nc(C)c3c(N)ncnc32)CC1.CC. The number of aromatic nitrogens is 4. The van der Waals surface area contributed by atoms with Crippen LogP contribution in [0, 0.1) is 6.92 Å². The number of nitrogen functional groups attached to an aromatic ring is 1. The van der Waals surface area contributed by atoms with Crippen LogP contribution in [0.5, 0.6) is 0 Å². The van der Waals surface area contributed by atoms with Gasteiger partial charge in [0.15, 0.2) is 5.65 Å². The number of aryl methyl sites for hydroxylation is 1. The number of fused-ring (bicyclic) bond motifs is 1. The van der Waals surface area contributed by atoms with Crippen LogP contribution in [0.4, 0.5) is 5.82 Å². The molecular formula is C17H26N6O. The van der Waals surface area contributed by atoms with Gasteiger partial charge in [-0.1, -0.05) is 20.4 Å². The van der Waals surface area contributed by atoms with Crippen molar-refractivity contribution in [2.75, 3.05) is 5.73 Å². The van der Waals surface area contributed by atoms with Crippen LogP contribution in [-0.4, -0.2) is 31.7 Å². The molecule has 2 heterocycles. The van der Waals surface area contributed by atoms with Crippen molar-refractivity contribution in [2.45, 2.75) is 58.5 Å². The minimum atomic E-state index is -0.107. The molecule has 1 amide bonds. The summed E-state index contributed by atoms with van der Waals surface area (Å²) in [5.74, 6) is 0.366. The molecule has 130 valence electrons. The van der Waals surface area contributed by atoms with E-state index in [0.29, 0.717) is 5.82 Å². The molecule has 0 spiro atoms. The van der Waals surface area contributed by atoms with E-state index in [9.17, 15) is 4.79 Å². The monoisotopic (exact) mass is 330 g/mol. The van der Waals surface area contributed by atoms with Crippen LogP contribution in [-0.2, 0) is 4.79 Å². The number of rotatable bonds is 3. The average molecular weight is 330 g/mol. The molecule has 7 heteroatoms. The fourth-order valence-corrected chi connectivity index (χ4v) is 3.15. The maximum Gasteiger partial charge on any atom is 0.243 e. The molecule has 0 aliphatic heterocycles. The maximum atomic E-state index is 11.4. The van der Waals surface area contributed by atoms with Crippen molar-refractivity contribution in [2.24, 2.45) is 0 Å². The Morgan fingerprint density at radius 1 is 1.33 bits per heavy atom. The Bertz CT molecular complexity index is 715. The predicted octanol–water partition coefficient (Wildman–Crippen LogP) is 2.53. The first-order valence-electron chi connectivity index (χ1n) is 8.48. The van der Waals surface area contributed by atoms with E-state index in [-0.39, 0.29) is 18.0 Å². The lowest BCUT2D eigenvalue weighted by molar-refractivity contribution is -0.117. The van der Waals surface area contributed by atoms with Crippen molar-refractivity contribution in [3.8, 4) is 0 Å². The van der Waals surface area contributed by atoms with E-state index in [1.807, 2.05) is 25.5 Å². The van der Waals surface area contributed by atoms with Gasteiger partial charge in [-0.15, -0.1) is 0 Å². The van der Waals surface area contributed by atoms with E-state index >= 15 is 0 Å². The summed E-state index contributed by atoms with van der Waals surface area (Å²) in [6.07, 6.45) is 6.53. The predicted molar refractivity (Wildman–Crippen MR) is 95.5 cm³/mol. The van der Waals surface area contributed by atoms with Crippen LogP contribution in [0.15, 0.2) is 19.0 Å². The molecule has 2 aromatic heterocycles. The fourth-order valence-electron chi connectivity index (χ4n) is 3.15. The first-order chi connectivity index (χ1) is 11.6. The van der Waals surface area contributed by atoms with E-state index in [4.69, 9.17) is 5.73 Å². The van der Waals surface area contributed by atoms with Crippen LogP contribution >= 0.6 is 0 Å². The zero-order valence-corrected chi connectivity index (χ0v) is 14.6. The van der Waals surface area contributed by atoms with Crippen LogP contribution in [0.3, 0.4) is 0 Å². The third kappa shape index (κ3) is 3.55. The highest BCUT2D eigenvalue weighted by atomic mass is 16.1. The second kappa shape index (κ2) is 7.90. The van der Waals surface area contributed by atoms with Crippen molar-refractivity contribution in [3.63, 3.8) is 0 Å². The largest absolute Gasteiger partial charge is 0.383 e. The van der Waals surface area contributed by atoms with E-state index in [1.54, 1.807) is 0 Å². The Morgan fingerprint density at radius 2 is 2.00 bits per heavy atom. The summed E-state index contributed by atoms with van der Waals surface area (Å²) in [6, 6.07) is 0.492. The molecule has 0 bridgehead atoms. The van der Waals surface area contributed by atoms with Crippen LogP contribution in [0.1, 0.15) is 51.3 Å². The number of hydrogen-bond acceptors (Lipinski definition) is 5. The Labute approximate surface area is 142 Å². The maximum absolute atomic E-state index is 11.4. The molecule has 0 saturated heterocycles. The highest BCUT2D eigenvalue weighted by Crippen LogP contribution is 2.32. The molecule has 3 rings (SSSR count). The molecular weight excluding hydrogens is 304 g/mol. The van der Waals surface area contributed by atoms with Gasteiger partial charge in [0.05, 0.1) is 17.1 Å². The summed E-state index contributed by atoms with van der Waals surface area (Å²) < 4.78 is 1.97. The zero-order valence-electron chi connectivity index (χ0n) is 14.6. The topological polar surface area (TPSA) is 98.7 Å². The molecule has 0 aromatic carbocycles. The Morgan fingerprint density at radius 3 is 2.62 bits per heavy atom. The molecule has 2 aromatic rings. The Balaban J connectivity index is 0.00000100. The average Bonchev–Trinajstić information content (AvgIpc) is 2.95. The lowest BCUT2D eigenvalue weighted by Gasteiger charge is -2.29. The van der Waals surface area contributed by atoms with Crippen molar-refractivity contribution >= 4 is 22.8 Å². The number of nitrogens with zero attached hydrogens (tertiary/aromatic N) is 4. The van der Waals surface area contributed by atoms with Gasteiger partial charge < -0.3 is 11.1 Å². The number of amides is 1. The Hall–Kier alpha value is -2.44. The molecule has 7 nitrogen and oxygen atoms in total. The number of anilines is 1. The summed E-state index contributed by atoms with van der Waals surface area (Å²) in [5.41, 5.74) is 7.58. The number of nitrogens with two attached hydrogens (primary N) is 1. The van der Waals surface area contributed by atoms with Gasteiger partial charge in [-0.05, 0) is 38.7 Å². The molecule has 1 saturated carbocycles. The number of carbonyl (C=O) groups excluding carboxylic acids is 1. The van der Waals surface area contributed by atoms with Crippen LogP contribution in [0.25, 0.3) is 11.0 Å². The van der Waals surface area contributed by atoms with Crippen molar-refractivity contribution in [3.05, 3.63) is 24.7 Å². The molecule has 0 radical (unpaired) electrons. The highest BCUT2D eigenvalue weighted by Gasteiger charge is 2.26. The van der Waals surface area contributed by atoms with E-state index < -0.39 is 0 Å². The van der Waals surface area contributed by atoms with Gasteiger partial charge in [-0.3, -0.25) is 4.79 Å². The zero-order chi connectivity index (χ0) is 17.7. The van der Waals surface area contributed by atoms with Gasteiger partial charge in [0.25, 0.3) is 0 Å². The van der Waals surface area contributed by atoms with Crippen molar-refractivity contribution in [1.82, 2.24) is 25.1 Å². The summed E-state index contributed by atoms with van der Waals surface area (Å²) in [4.78, 5) is 19.8. The standard InChI is InChI=1S/C15H20N6O.C2H6/c1-3-12(22)19-10-4-6-11(7-5-10)21-15-13(9(2)20-21)14(16)17-8-18-15;1-2/h3,8,10-11H,1,4-7H2,2H3,(H,19,22)(H2,16,17,18);1-2H3. The Kier molecular flexibility index (Phi) is 5.89. The highest BCUT2D eigenvalue weighted by molar-refractivity contribution is 5.88. The minimum absolute atomic E-state index is 0.107. The summed E-state index contributed by atoms with van der Waals surface area (Å²) >= 11 is 0. The van der Waals surface area contributed by atoms with Gasteiger partial charge in [-0.2, -0.15) is 5.10 Å². The first kappa shape index (κ1) is 17.9. The lowest BCUT2D eigenvalue weighted by Crippen LogP contribution is -2.37. The van der Waals surface area contributed by atoms with E-state index in [0.717, 1.165) is 42.4 Å². The second-order valence-electron chi connectivity index (χ2n) is 5.71. The third-order valence-electron chi connectivity index (χ3n) is 4.27. The second-order valence-corrected chi connectivity index (χ2v) is 5.71. The third-order valence-corrected chi connectivity index (χ3v) is 4.27. The van der Waals surface area contributed by atoms with E-state index in [1.165, 1.54) is 12.4 Å². The molecule has 1 fully saturated rings. The first-order valence-corrected chi connectivity index (χ1v) is 8.48. The molecule has 0 unspecified atom stereocenters. The molecule has 24 heavy (non-hydrogen) atoms. The summed E-state index contributed by atoms with van der Waals surface area (Å²) in [7, 11) is 0. The molecule has 1 aliphatic carbocycles. The van der Waals surface area contributed by atoms with Crippen LogP contribution in [0.2, 0.25) is 0 Å². The molecule has 1 aliphatic rings. The van der Waals surface area contributed by atoms with Gasteiger partial charge in [0.1, 0.15) is 12.1 Å². The fraction of sp³-hybridized carbons (Fsp3) is 0.529. The molecule has 3 N–H and O–H groups in total. The van der Waals surface area contributed by atoms with Crippen molar-refractivity contribution < 1.29 is 4.79 Å². The normalized spacial score (nSPS) is 20.1. The number of nitrogens with one attached hydrogen (secondary N) is 1. The van der Waals surface area contributed by atoms with Gasteiger partial charge in [-0.25, -0.2) is 14.6 Å². The number of hydrogen-bond donors (Lipinski definition) is 2.